The molecule has 0 spiro atoms. The number of halogens is 1. The van der Waals surface area contributed by atoms with Crippen molar-refractivity contribution in [3.8, 4) is 11.5 Å². The quantitative estimate of drug-likeness (QED) is 0.672. The smallest absolute Gasteiger partial charge is 0.174 e. The molecule has 0 aromatic heterocycles. The highest BCUT2D eigenvalue weighted by Crippen LogP contribution is 2.46. The molecule has 1 atom stereocenters. The van der Waals surface area contributed by atoms with Crippen LogP contribution < -0.4 is 10.2 Å². The Morgan fingerprint density at radius 2 is 1.84 bits per heavy atom. The Labute approximate surface area is 158 Å². The molecule has 6 heteroatoms. The molecule has 2 aromatic rings. The van der Waals surface area contributed by atoms with E-state index in [-0.39, 0.29) is 17.0 Å². The fourth-order valence-corrected chi connectivity index (χ4v) is 4.53. The van der Waals surface area contributed by atoms with Crippen molar-refractivity contribution in [3.63, 3.8) is 0 Å². The molecule has 2 aromatic carbocycles. The largest absolute Gasteiger partial charge is 0.508 e. The third-order valence-corrected chi connectivity index (χ3v) is 5.08. The van der Waals surface area contributed by atoms with Crippen LogP contribution in [0.25, 0.3) is 0 Å². The van der Waals surface area contributed by atoms with Crippen molar-refractivity contribution in [2.24, 2.45) is 0 Å². The molecule has 0 bridgehead atoms. The molecule has 1 aliphatic heterocycles. The number of nitrogens with one attached hydrogen (secondary N) is 1. The van der Waals surface area contributed by atoms with E-state index < -0.39 is 5.54 Å². The average Bonchev–Trinajstić information content (AvgIpc) is 2.44. The van der Waals surface area contributed by atoms with Gasteiger partial charge in [-0.15, -0.1) is 0 Å². The third-order valence-electron chi connectivity index (χ3n) is 4.56. The topological polar surface area (TPSA) is 55.7 Å². The number of benzene rings is 2. The standard InChI is InChI=1S/C19H21ClN2O2S/c1-18(2)11-19(3,15-8-7-14(23)10-16(15)24)22(17(25)21-18)13-6-4-5-12(20)9-13/h4-10,23-24H,11H2,1-3H3,(H,21,25)/t19-/m1/s1. The van der Waals surface area contributed by atoms with Gasteiger partial charge in [0.05, 0.1) is 5.54 Å². The predicted octanol–water partition coefficient (Wildman–Crippen LogP) is 4.53. The van der Waals surface area contributed by atoms with Crippen molar-refractivity contribution in [3.05, 3.63) is 53.1 Å². The highest BCUT2D eigenvalue weighted by molar-refractivity contribution is 7.80. The van der Waals surface area contributed by atoms with Gasteiger partial charge >= 0.3 is 0 Å². The van der Waals surface area contributed by atoms with Crippen molar-refractivity contribution in [2.45, 2.75) is 38.3 Å². The zero-order valence-corrected chi connectivity index (χ0v) is 15.9. The lowest BCUT2D eigenvalue weighted by Crippen LogP contribution is -2.65. The SMILES string of the molecule is CC1(C)C[C@](C)(c2ccc(O)cc2O)N(c2cccc(Cl)c2)C(=S)N1. The van der Waals surface area contributed by atoms with E-state index in [9.17, 15) is 10.2 Å². The van der Waals surface area contributed by atoms with E-state index in [0.29, 0.717) is 22.1 Å². The Balaban J connectivity index is 2.21. The maximum absolute atomic E-state index is 10.5. The number of hydrogen-bond donors (Lipinski definition) is 3. The number of rotatable bonds is 2. The summed E-state index contributed by atoms with van der Waals surface area (Å²) in [4.78, 5) is 1.98. The van der Waals surface area contributed by atoms with E-state index in [1.54, 1.807) is 12.1 Å². The van der Waals surface area contributed by atoms with E-state index in [4.69, 9.17) is 23.8 Å². The van der Waals surface area contributed by atoms with Crippen LogP contribution in [0.2, 0.25) is 5.02 Å². The third kappa shape index (κ3) is 3.26. The van der Waals surface area contributed by atoms with E-state index in [0.717, 1.165) is 5.69 Å². The van der Waals surface area contributed by atoms with Crippen LogP contribution in [0.5, 0.6) is 11.5 Å². The Kier molecular flexibility index (Phi) is 4.33. The van der Waals surface area contributed by atoms with Crippen molar-refractivity contribution in [1.29, 1.82) is 0 Å². The summed E-state index contributed by atoms with van der Waals surface area (Å²) in [5, 5.41) is 24.7. The van der Waals surface area contributed by atoms with Crippen LogP contribution in [0.1, 0.15) is 32.8 Å². The molecular weight excluding hydrogens is 356 g/mol. The van der Waals surface area contributed by atoms with Crippen LogP contribution in [-0.2, 0) is 5.54 Å². The van der Waals surface area contributed by atoms with Crippen molar-refractivity contribution in [1.82, 2.24) is 5.32 Å². The molecule has 0 saturated carbocycles. The maximum atomic E-state index is 10.5. The Hall–Kier alpha value is -1.98. The zero-order valence-electron chi connectivity index (χ0n) is 14.4. The lowest BCUT2D eigenvalue weighted by Gasteiger charge is -2.53. The number of phenols is 2. The molecule has 3 N–H and O–H groups in total. The second-order valence-corrected chi connectivity index (χ2v) is 8.10. The van der Waals surface area contributed by atoms with E-state index in [1.165, 1.54) is 6.07 Å². The number of anilines is 1. The van der Waals surface area contributed by atoms with E-state index >= 15 is 0 Å². The van der Waals surface area contributed by atoms with Crippen LogP contribution in [0, 0.1) is 0 Å². The first-order valence-electron chi connectivity index (χ1n) is 8.03. The molecule has 3 rings (SSSR count). The molecule has 0 radical (unpaired) electrons. The maximum Gasteiger partial charge on any atom is 0.174 e. The minimum Gasteiger partial charge on any atom is -0.508 e. The van der Waals surface area contributed by atoms with Gasteiger partial charge in [-0.25, -0.2) is 0 Å². The van der Waals surface area contributed by atoms with Gasteiger partial charge in [-0.05, 0) is 69.7 Å². The van der Waals surface area contributed by atoms with Crippen molar-refractivity contribution < 1.29 is 10.2 Å². The number of thiocarbonyl (C=S) groups is 1. The summed E-state index contributed by atoms with van der Waals surface area (Å²) in [7, 11) is 0. The molecule has 1 saturated heterocycles. The van der Waals surface area contributed by atoms with Crippen LogP contribution in [-0.4, -0.2) is 20.9 Å². The highest BCUT2D eigenvalue weighted by atomic mass is 35.5. The molecule has 0 unspecified atom stereocenters. The summed E-state index contributed by atoms with van der Waals surface area (Å²) in [5.41, 5.74) is 0.664. The Bertz CT molecular complexity index is 840. The number of phenolic OH excluding ortho intramolecular Hbond substituents is 2. The fourth-order valence-electron chi connectivity index (χ4n) is 3.76. The van der Waals surface area contributed by atoms with Gasteiger partial charge in [0.1, 0.15) is 11.5 Å². The molecule has 0 aliphatic carbocycles. The van der Waals surface area contributed by atoms with Crippen molar-refractivity contribution in [2.75, 3.05) is 4.90 Å². The van der Waals surface area contributed by atoms with Gasteiger partial charge in [-0.2, -0.15) is 0 Å². The molecule has 1 aliphatic rings. The first kappa shape index (κ1) is 17.8. The monoisotopic (exact) mass is 376 g/mol. The second kappa shape index (κ2) is 6.07. The van der Waals surface area contributed by atoms with Crippen LogP contribution in [0.3, 0.4) is 0 Å². The zero-order chi connectivity index (χ0) is 18.4. The highest BCUT2D eigenvalue weighted by Gasteiger charge is 2.47. The van der Waals surface area contributed by atoms with Crippen molar-refractivity contribution >= 4 is 34.6 Å². The van der Waals surface area contributed by atoms with Gasteiger partial charge in [0, 0.05) is 27.9 Å². The Morgan fingerprint density at radius 1 is 1.12 bits per heavy atom. The molecule has 1 heterocycles. The normalized spacial score (nSPS) is 22.6. The summed E-state index contributed by atoms with van der Waals surface area (Å²) >= 11 is 11.8. The summed E-state index contributed by atoms with van der Waals surface area (Å²) in [6.07, 6.45) is 0.686. The molecular formula is C19H21ClN2O2S. The summed E-state index contributed by atoms with van der Waals surface area (Å²) < 4.78 is 0. The predicted molar refractivity (Wildman–Crippen MR) is 105 cm³/mol. The number of hydrogen-bond acceptors (Lipinski definition) is 3. The van der Waals surface area contributed by atoms with E-state index in [2.05, 4.69) is 19.2 Å². The van der Waals surface area contributed by atoms with Crippen LogP contribution in [0.4, 0.5) is 5.69 Å². The van der Waals surface area contributed by atoms with Crippen LogP contribution in [0.15, 0.2) is 42.5 Å². The second-order valence-electron chi connectivity index (χ2n) is 7.28. The molecule has 132 valence electrons. The first-order chi connectivity index (χ1) is 11.6. The van der Waals surface area contributed by atoms with E-state index in [1.807, 2.05) is 36.1 Å². The first-order valence-corrected chi connectivity index (χ1v) is 8.81. The minimum atomic E-state index is -0.617. The fraction of sp³-hybridized carbons (Fsp3) is 0.316. The van der Waals surface area contributed by atoms with Gasteiger partial charge in [0.25, 0.3) is 0 Å². The van der Waals surface area contributed by atoms with Crippen LogP contribution >= 0.6 is 23.8 Å². The molecule has 4 nitrogen and oxygen atoms in total. The van der Waals surface area contributed by atoms with Gasteiger partial charge in [-0.1, -0.05) is 17.7 Å². The average molecular weight is 377 g/mol. The lowest BCUT2D eigenvalue weighted by molar-refractivity contribution is 0.275. The summed E-state index contributed by atoms with van der Waals surface area (Å²) in [5.74, 6) is 0.0601. The van der Waals surface area contributed by atoms with Gasteiger partial charge in [0.15, 0.2) is 5.11 Å². The molecule has 25 heavy (non-hydrogen) atoms. The number of nitrogens with zero attached hydrogens (tertiary/aromatic N) is 1. The minimum absolute atomic E-state index is 0.0231. The van der Waals surface area contributed by atoms with Gasteiger partial charge < -0.3 is 20.4 Å². The Morgan fingerprint density at radius 3 is 2.48 bits per heavy atom. The number of aromatic hydroxyl groups is 2. The summed E-state index contributed by atoms with van der Waals surface area (Å²) in [6, 6.07) is 12.1. The van der Waals surface area contributed by atoms with Gasteiger partial charge in [-0.3, -0.25) is 0 Å². The lowest BCUT2D eigenvalue weighted by atomic mass is 9.76. The van der Waals surface area contributed by atoms with Gasteiger partial charge in [0.2, 0.25) is 0 Å². The summed E-state index contributed by atoms with van der Waals surface area (Å²) in [6.45, 7) is 6.18. The molecule has 0 amide bonds. The molecule has 1 fully saturated rings.